The molecule has 0 aromatic rings. The van der Waals surface area contributed by atoms with Gasteiger partial charge in [0.2, 0.25) is 0 Å². The zero-order valence-corrected chi connectivity index (χ0v) is 10.5. The molecular weight excluding hydrogens is 196 g/mol. The maximum absolute atomic E-state index is 3.70. The van der Waals surface area contributed by atoms with Crippen molar-refractivity contribution in [3.63, 3.8) is 0 Å². The van der Waals surface area contributed by atoms with Crippen LogP contribution in [0.1, 0.15) is 51.4 Å². The highest BCUT2D eigenvalue weighted by Gasteiger charge is 2.30. The maximum Gasteiger partial charge on any atom is 0.00953 e. The van der Waals surface area contributed by atoms with Gasteiger partial charge >= 0.3 is 0 Å². The number of hydrogen-bond donors (Lipinski definition) is 1. The van der Waals surface area contributed by atoms with Gasteiger partial charge in [0.05, 0.1) is 0 Å². The van der Waals surface area contributed by atoms with E-state index in [1.54, 1.807) is 0 Å². The van der Waals surface area contributed by atoms with Gasteiger partial charge in [0, 0.05) is 18.6 Å². The molecule has 2 heteroatoms. The molecule has 1 N–H and O–H groups in total. The number of nitrogens with zero attached hydrogens (tertiary/aromatic N) is 1. The lowest BCUT2D eigenvalue weighted by atomic mass is 9.94. The van der Waals surface area contributed by atoms with Gasteiger partial charge in [-0.05, 0) is 51.1 Å². The van der Waals surface area contributed by atoms with E-state index in [-0.39, 0.29) is 0 Å². The van der Waals surface area contributed by atoms with E-state index >= 15 is 0 Å². The largest absolute Gasteiger partial charge is 0.314 e. The number of likely N-dealkylation sites (tertiary alicyclic amines) is 1. The standard InChI is InChI=1S/C14H26N2/c1-2-4-14(5-3-1)16-9-8-12(11-16)10-15-13-6-7-13/h12-15H,1-11H2. The molecule has 1 unspecified atom stereocenters. The van der Waals surface area contributed by atoms with Gasteiger partial charge in [-0.15, -0.1) is 0 Å². The molecular formula is C14H26N2. The van der Waals surface area contributed by atoms with Gasteiger partial charge < -0.3 is 10.2 Å². The normalized spacial score (nSPS) is 33.4. The van der Waals surface area contributed by atoms with Crippen LogP contribution >= 0.6 is 0 Å². The van der Waals surface area contributed by atoms with Crippen molar-refractivity contribution in [1.29, 1.82) is 0 Å². The Balaban J connectivity index is 1.40. The average Bonchev–Trinajstić information content (AvgIpc) is 3.05. The number of nitrogens with one attached hydrogen (secondary N) is 1. The molecule has 3 aliphatic rings. The summed E-state index contributed by atoms with van der Waals surface area (Å²) in [5.41, 5.74) is 0. The Kier molecular flexibility index (Phi) is 3.49. The third-order valence-electron chi connectivity index (χ3n) is 4.68. The summed E-state index contributed by atoms with van der Waals surface area (Å²) in [6, 6.07) is 1.84. The van der Waals surface area contributed by atoms with E-state index in [4.69, 9.17) is 0 Å². The molecule has 0 bridgehead atoms. The van der Waals surface area contributed by atoms with E-state index in [2.05, 4.69) is 10.2 Å². The van der Waals surface area contributed by atoms with E-state index in [0.29, 0.717) is 0 Å². The van der Waals surface area contributed by atoms with Crippen LogP contribution in [0.4, 0.5) is 0 Å². The molecule has 0 aromatic carbocycles. The summed E-state index contributed by atoms with van der Waals surface area (Å²) in [4.78, 5) is 2.79. The zero-order chi connectivity index (χ0) is 10.8. The Bertz CT molecular complexity index is 219. The molecule has 0 aromatic heterocycles. The molecule has 2 nitrogen and oxygen atoms in total. The van der Waals surface area contributed by atoms with E-state index < -0.39 is 0 Å². The monoisotopic (exact) mass is 222 g/mol. The lowest BCUT2D eigenvalue weighted by molar-refractivity contribution is 0.185. The van der Waals surface area contributed by atoms with E-state index in [0.717, 1.165) is 18.0 Å². The van der Waals surface area contributed by atoms with Gasteiger partial charge in [-0.25, -0.2) is 0 Å². The van der Waals surface area contributed by atoms with Crippen LogP contribution in [0.2, 0.25) is 0 Å². The molecule has 2 saturated carbocycles. The van der Waals surface area contributed by atoms with Crippen LogP contribution in [0.25, 0.3) is 0 Å². The molecule has 16 heavy (non-hydrogen) atoms. The molecule has 0 radical (unpaired) electrons. The Labute approximate surface area is 99.8 Å². The van der Waals surface area contributed by atoms with Gasteiger partial charge in [0.15, 0.2) is 0 Å². The van der Waals surface area contributed by atoms with Crippen molar-refractivity contribution in [2.75, 3.05) is 19.6 Å². The van der Waals surface area contributed by atoms with Crippen molar-refractivity contribution in [3.05, 3.63) is 0 Å². The lowest BCUT2D eigenvalue weighted by Crippen LogP contribution is -2.36. The van der Waals surface area contributed by atoms with Crippen LogP contribution in [0, 0.1) is 5.92 Å². The lowest BCUT2D eigenvalue weighted by Gasteiger charge is -2.31. The SMILES string of the molecule is C1CCC(N2CCC(CNC3CC3)C2)CC1. The number of hydrogen-bond acceptors (Lipinski definition) is 2. The predicted octanol–water partition coefficient (Wildman–Crippen LogP) is 2.39. The van der Waals surface area contributed by atoms with Crippen molar-refractivity contribution in [3.8, 4) is 0 Å². The van der Waals surface area contributed by atoms with E-state index in [1.165, 1.54) is 71.0 Å². The third kappa shape index (κ3) is 2.78. The molecule has 1 aliphatic heterocycles. The van der Waals surface area contributed by atoms with E-state index in [1.807, 2.05) is 0 Å². The minimum absolute atomic E-state index is 0.892. The first kappa shape index (κ1) is 11.0. The average molecular weight is 222 g/mol. The summed E-state index contributed by atoms with van der Waals surface area (Å²) in [5, 5.41) is 3.70. The molecule has 1 atom stereocenters. The summed E-state index contributed by atoms with van der Waals surface area (Å²) >= 11 is 0. The van der Waals surface area contributed by atoms with Crippen molar-refractivity contribution < 1.29 is 0 Å². The summed E-state index contributed by atoms with van der Waals surface area (Å²) in [5.74, 6) is 0.947. The second-order valence-electron chi connectivity index (χ2n) is 6.12. The molecule has 1 heterocycles. The Morgan fingerprint density at radius 2 is 1.75 bits per heavy atom. The van der Waals surface area contributed by atoms with Crippen LogP contribution in [0.3, 0.4) is 0 Å². The zero-order valence-electron chi connectivity index (χ0n) is 10.5. The van der Waals surface area contributed by atoms with Gasteiger partial charge in [0.25, 0.3) is 0 Å². The maximum atomic E-state index is 3.70. The second kappa shape index (κ2) is 5.05. The fraction of sp³-hybridized carbons (Fsp3) is 1.00. The first-order valence-electron chi connectivity index (χ1n) is 7.39. The molecule has 0 amide bonds. The highest BCUT2D eigenvalue weighted by molar-refractivity contribution is 4.87. The minimum Gasteiger partial charge on any atom is -0.314 e. The van der Waals surface area contributed by atoms with Crippen LogP contribution in [-0.2, 0) is 0 Å². The summed E-state index contributed by atoms with van der Waals surface area (Å²) in [6.45, 7) is 4.04. The summed E-state index contributed by atoms with van der Waals surface area (Å²) in [7, 11) is 0. The van der Waals surface area contributed by atoms with Crippen molar-refractivity contribution in [2.45, 2.75) is 63.5 Å². The van der Waals surface area contributed by atoms with Gasteiger partial charge in [-0.3, -0.25) is 0 Å². The van der Waals surface area contributed by atoms with Crippen LogP contribution < -0.4 is 5.32 Å². The number of rotatable bonds is 4. The smallest absolute Gasteiger partial charge is 0.00953 e. The minimum atomic E-state index is 0.892. The van der Waals surface area contributed by atoms with Crippen molar-refractivity contribution in [1.82, 2.24) is 10.2 Å². The highest BCUT2D eigenvalue weighted by atomic mass is 15.2. The van der Waals surface area contributed by atoms with Crippen molar-refractivity contribution >= 4 is 0 Å². The first-order chi connectivity index (χ1) is 7.92. The first-order valence-corrected chi connectivity index (χ1v) is 7.39. The fourth-order valence-corrected chi connectivity index (χ4v) is 3.43. The predicted molar refractivity (Wildman–Crippen MR) is 67.6 cm³/mol. The molecule has 3 rings (SSSR count). The molecule has 92 valence electrons. The summed E-state index contributed by atoms with van der Waals surface area (Å²) < 4.78 is 0. The Hall–Kier alpha value is -0.0800. The quantitative estimate of drug-likeness (QED) is 0.786. The van der Waals surface area contributed by atoms with Crippen LogP contribution in [-0.4, -0.2) is 36.6 Å². The highest BCUT2D eigenvalue weighted by Crippen LogP contribution is 2.28. The third-order valence-corrected chi connectivity index (χ3v) is 4.68. The Morgan fingerprint density at radius 1 is 0.938 bits per heavy atom. The fourth-order valence-electron chi connectivity index (χ4n) is 3.43. The molecule has 0 spiro atoms. The Morgan fingerprint density at radius 3 is 2.50 bits per heavy atom. The van der Waals surface area contributed by atoms with E-state index in [9.17, 15) is 0 Å². The topological polar surface area (TPSA) is 15.3 Å². The summed E-state index contributed by atoms with van der Waals surface area (Å²) in [6.07, 6.45) is 11.7. The molecule has 2 aliphatic carbocycles. The van der Waals surface area contributed by atoms with Gasteiger partial charge in [-0.1, -0.05) is 19.3 Å². The van der Waals surface area contributed by atoms with Crippen LogP contribution in [0.15, 0.2) is 0 Å². The van der Waals surface area contributed by atoms with Gasteiger partial charge in [-0.2, -0.15) is 0 Å². The van der Waals surface area contributed by atoms with Gasteiger partial charge in [0.1, 0.15) is 0 Å². The second-order valence-corrected chi connectivity index (χ2v) is 6.12. The molecule has 1 saturated heterocycles. The van der Waals surface area contributed by atoms with Crippen LogP contribution in [0.5, 0.6) is 0 Å². The molecule has 3 fully saturated rings. The van der Waals surface area contributed by atoms with Crippen molar-refractivity contribution in [2.24, 2.45) is 5.92 Å².